The standard InChI is InChI=1S/C38H34NP2.C5H5.Fe/c1-39(2)38(35-27-17-29-37(35)41(32-22-11-5-12-23-32)33-24-13-6-14-25-33)34-26-15-16-28-36(34)40(30-18-7-3-8-19-30)31-20-9-4-10-21-31;1-2-4-5-3-1;/h3-29,38H,1-2H3;1-5H;/q2*-1;+2/t38-;;/m1../s1. The second-order valence-corrected chi connectivity index (χ2v) is 15.6. The Balaban J connectivity index is 0.000000662. The summed E-state index contributed by atoms with van der Waals surface area (Å²) < 4.78 is 0. The van der Waals surface area contributed by atoms with Gasteiger partial charge in [-0.3, -0.25) is 0 Å². The molecule has 0 aliphatic rings. The van der Waals surface area contributed by atoms with Crippen molar-refractivity contribution >= 4 is 47.7 Å². The van der Waals surface area contributed by atoms with Crippen molar-refractivity contribution in [1.29, 1.82) is 0 Å². The van der Waals surface area contributed by atoms with Crippen LogP contribution in [0.5, 0.6) is 0 Å². The van der Waals surface area contributed by atoms with E-state index < -0.39 is 15.8 Å². The normalized spacial score (nSPS) is 11.5. The van der Waals surface area contributed by atoms with Crippen LogP contribution in [-0.4, -0.2) is 19.0 Å². The molecule has 0 amide bonds. The molecule has 47 heavy (non-hydrogen) atoms. The van der Waals surface area contributed by atoms with Crippen LogP contribution >= 0.6 is 15.8 Å². The number of benzene rings is 5. The van der Waals surface area contributed by atoms with Gasteiger partial charge in [-0.15, -0.1) is 10.9 Å². The molecule has 0 heterocycles. The summed E-state index contributed by atoms with van der Waals surface area (Å²) in [6, 6.07) is 70.3. The van der Waals surface area contributed by atoms with Crippen LogP contribution in [0, 0.1) is 0 Å². The van der Waals surface area contributed by atoms with E-state index in [-0.39, 0.29) is 23.1 Å². The first-order valence-electron chi connectivity index (χ1n) is 15.7. The summed E-state index contributed by atoms with van der Waals surface area (Å²) in [6.45, 7) is 0. The van der Waals surface area contributed by atoms with Crippen molar-refractivity contribution in [2.75, 3.05) is 14.1 Å². The van der Waals surface area contributed by atoms with Crippen molar-refractivity contribution < 1.29 is 17.1 Å². The molecule has 0 aromatic heterocycles. The molecule has 1 nitrogen and oxygen atoms in total. The van der Waals surface area contributed by atoms with Crippen molar-refractivity contribution in [1.82, 2.24) is 4.90 Å². The van der Waals surface area contributed by atoms with Crippen molar-refractivity contribution in [3.63, 3.8) is 0 Å². The maximum Gasteiger partial charge on any atom is 2.00 e. The van der Waals surface area contributed by atoms with E-state index in [2.05, 4.69) is 183 Å². The predicted molar refractivity (Wildman–Crippen MR) is 203 cm³/mol. The third kappa shape index (κ3) is 8.36. The fourth-order valence-corrected chi connectivity index (χ4v) is 11.0. The van der Waals surface area contributed by atoms with Crippen LogP contribution in [0.3, 0.4) is 0 Å². The maximum absolute atomic E-state index is 2.39. The Labute approximate surface area is 293 Å². The van der Waals surface area contributed by atoms with E-state index in [0.717, 1.165) is 0 Å². The van der Waals surface area contributed by atoms with Crippen LogP contribution in [-0.2, 0) is 17.1 Å². The van der Waals surface area contributed by atoms with E-state index in [4.69, 9.17) is 0 Å². The minimum Gasteiger partial charge on any atom is -0.309 e. The molecule has 0 saturated carbocycles. The zero-order chi connectivity index (χ0) is 31.6. The third-order valence-electron chi connectivity index (χ3n) is 7.96. The Morgan fingerprint density at radius 3 is 1.34 bits per heavy atom. The van der Waals surface area contributed by atoms with Crippen LogP contribution in [0.1, 0.15) is 17.2 Å². The van der Waals surface area contributed by atoms with Gasteiger partial charge in [0.2, 0.25) is 0 Å². The summed E-state index contributed by atoms with van der Waals surface area (Å²) in [5, 5.41) is 8.34. The molecule has 1 atom stereocenters. The smallest absolute Gasteiger partial charge is 0.309 e. The van der Waals surface area contributed by atoms with Crippen LogP contribution in [0.15, 0.2) is 194 Å². The second-order valence-electron chi connectivity index (χ2n) is 11.3. The fraction of sp³-hybridized carbons (Fsp3) is 0.0698. The van der Waals surface area contributed by atoms with Gasteiger partial charge in [0.05, 0.1) is 0 Å². The zero-order valence-electron chi connectivity index (χ0n) is 26.7. The van der Waals surface area contributed by atoms with Crippen molar-refractivity contribution in [3.05, 3.63) is 205 Å². The first-order chi connectivity index (χ1) is 22.7. The summed E-state index contributed by atoms with van der Waals surface area (Å²) in [7, 11) is 3.00. The second kappa shape index (κ2) is 17.3. The van der Waals surface area contributed by atoms with E-state index in [1.165, 1.54) is 43.0 Å². The van der Waals surface area contributed by atoms with Gasteiger partial charge in [0.1, 0.15) is 0 Å². The molecule has 7 rings (SSSR count). The molecule has 4 heteroatoms. The van der Waals surface area contributed by atoms with Gasteiger partial charge in [-0.2, -0.15) is 24.3 Å². The molecule has 0 N–H and O–H groups in total. The number of nitrogens with zero attached hydrogens (tertiary/aromatic N) is 1. The van der Waals surface area contributed by atoms with Gasteiger partial charge in [-0.1, -0.05) is 146 Å². The van der Waals surface area contributed by atoms with E-state index in [9.17, 15) is 0 Å². The Hall–Kier alpha value is -3.86. The molecule has 7 aromatic rings. The van der Waals surface area contributed by atoms with Gasteiger partial charge >= 0.3 is 17.1 Å². The zero-order valence-corrected chi connectivity index (χ0v) is 29.6. The van der Waals surface area contributed by atoms with Gasteiger partial charge in [-0.05, 0) is 62.0 Å². The quantitative estimate of drug-likeness (QED) is 0.0846. The maximum atomic E-state index is 2.39. The van der Waals surface area contributed by atoms with Gasteiger partial charge < -0.3 is 4.90 Å². The number of hydrogen-bond donors (Lipinski definition) is 0. The summed E-state index contributed by atoms with van der Waals surface area (Å²) >= 11 is 0. The van der Waals surface area contributed by atoms with Gasteiger partial charge in [0.25, 0.3) is 0 Å². The van der Waals surface area contributed by atoms with Crippen LogP contribution in [0.4, 0.5) is 0 Å². The fourth-order valence-electron chi connectivity index (χ4n) is 5.99. The average molecular weight is 688 g/mol. The molecular formula is C43H39FeNP2. The minimum absolute atomic E-state index is 0. The topological polar surface area (TPSA) is 3.24 Å². The largest absolute Gasteiger partial charge is 2.00 e. The monoisotopic (exact) mass is 687 g/mol. The number of rotatable bonds is 9. The Bertz CT molecular complexity index is 1770. The van der Waals surface area contributed by atoms with E-state index in [0.29, 0.717) is 0 Å². The summed E-state index contributed by atoms with van der Waals surface area (Å²) in [6.07, 6.45) is 0. The molecule has 0 aliphatic carbocycles. The van der Waals surface area contributed by atoms with Crippen LogP contribution in [0.25, 0.3) is 0 Å². The Kier molecular flexibility index (Phi) is 12.7. The van der Waals surface area contributed by atoms with Gasteiger partial charge in [0.15, 0.2) is 0 Å². The van der Waals surface area contributed by atoms with Gasteiger partial charge in [0, 0.05) is 6.04 Å². The number of hydrogen-bond acceptors (Lipinski definition) is 1. The summed E-state index contributed by atoms with van der Waals surface area (Å²) in [5.74, 6) is 0. The van der Waals surface area contributed by atoms with Crippen LogP contribution < -0.4 is 31.8 Å². The summed E-state index contributed by atoms with van der Waals surface area (Å²) in [5.41, 5.74) is 2.76. The molecule has 234 valence electrons. The molecular weight excluding hydrogens is 648 g/mol. The molecule has 0 saturated heterocycles. The Morgan fingerprint density at radius 1 is 0.489 bits per heavy atom. The molecule has 0 radical (unpaired) electrons. The van der Waals surface area contributed by atoms with Crippen molar-refractivity contribution in [2.24, 2.45) is 0 Å². The minimum atomic E-state index is -0.734. The van der Waals surface area contributed by atoms with Gasteiger partial charge in [-0.25, -0.2) is 24.3 Å². The Morgan fingerprint density at radius 2 is 0.915 bits per heavy atom. The SMILES string of the molecule is CN(C)[C@H](c1ccccc1P(c1ccccc1)c1ccccc1)[c-]1cccc1P(c1ccccc1)c1ccccc1.[Fe+2].c1cc[cH-]c1. The van der Waals surface area contributed by atoms with E-state index in [1.54, 1.807) is 0 Å². The third-order valence-corrected chi connectivity index (χ3v) is 13.0. The van der Waals surface area contributed by atoms with Crippen molar-refractivity contribution in [2.45, 2.75) is 6.04 Å². The summed E-state index contributed by atoms with van der Waals surface area (Å²) in [4.78, 5) is 2.39. The molecule has 0 bridgehead atoms. The molecule has 0 spiro atoms. The van der Waals surface area contributed by atoms with Crippen LogP contribution in [0.2, 0.25) is 0 Å². The molecule has 0 fully saturated rings. The first kappa shape index (κ1) is 34.5. The average Bonchev–Trinajstić information content (AvgIpc) is 3.85. The molecule has 0 aliphatic heterocycles. The predicted octanol–water partition coefficient (Wildman–Crippen LogP) is 7.98. The molecule has 7 aromatic carbocycles. The van der Waals surface area contributed by atoms with E-state index >= 15 is 0 Å². The van der Waals surface area contributed by atoms with Crippen molar-refractivity contribution in [3.8, 4) is 0 Å². The molecule has 0 unspecified atom stereocenters. The first-order valence-corrected chi connectivity index (χ1v) is 18.4. The van der Waals surface area contributed by atoms with E-state index in [1.807, 2.05) is 30.3 Å².